The van der Waals surface area contributed by atoms with Crippen LogP contribution in [0.4, 0.5) is 17.3 Å². The third-order valence-electron chi connectivity index (χ3n) is 5.21. The summed E-state index contributed by atoms with van der Waals surface area (Å²) in [6, 6.07) is 19.2. The van der Waals surface area contributed by atoms with Crippen molar-refractivity contribution >= 4 is 83.9 Å². The highest BCUT2D eigenvalue weighted by Crippen LogP contribution is 2.26. The van der Waals surface area contributed by atoms with Gasteiger partial charge < -0.3 is 10.6 Å². The number of hydrogen-bond donors (Lipinski definition) is 2. The molecule has 0 aliphatic rings. The summed E-state index contributed by atoms with van der Waals surface area (Å²) in [7, 11) is 0. The first-order valence-corrected chi connectivity index (χ1v) is 13.4. The molecule has 6 rings (SSSR count). The summed E-state index contributed by atoms with van der Waals surface area (Å²) in [5.41, 5.74) is 4.28. The lowest BCUT2D eigenvalue weighted by molar-refractivity contribution is -0.114. The minimum Gasteiger partial charge on any atom is -0.326 e. The highest BCUT2D eigenvalue weighted by molar-refractivity contribution is 9.10. The molecular weight excluding hydrogens is 586 g/mol. The smallest absolute Gasteiger partial charge is 0.227 e. The van der Waals surface area contributed by atoms with Crippen molar-refractivity contribution in [3.63, 3.8) is 0 Å². The van der Waals surface area contributed by atoms with Gasteiger partial charge in [-0.3, -0.25) is 4.79 Å². The number of rotatable bonds is 4. The summed E-state index contributed by atoms with van der Waals surface area (Å²) in [5, 5.41) is 11.1. The number of benzene rings is 3. The van der Waals surface area contributed by atoms with Gasteiger partial charge in [0.25, 0.3) is 0 Å². The Morgan fingerprint density at radius 2 is 1.66 bits per heavy atom. The van der Waals surface area contributed by atoms with E-state index < -0.39 is 0 Å². The van der Waals surface area contributed by atoms with Crippen LogP contribution in [-0.2, 0) is 4.79 Å². The quantitative estimate of drug-likeness (QED) is 0.201. The van der Waals surface area contributed by atoms with Crippen molar-refractivity contribution in [3.8, 4) is 10.6 Å². The summed E-state index contributed by atoms with van der Waals surface area (Å²) >= 11 is 10.6. The Balaban J connectivity index is 0.000000204. The second-order valence-corrected chi connectivity index (χ2v) is 10.2. The number of thiazole rings is 1. The fourth-order valence-electron chi connectivity index (χ4n) is 3.58. The highest BCUT2D eigenvalue weighted by atomic mass is 79.9. The maximum Gasteiger partial charge on any atom is 0.227 e. The molecule has 0 saturated carbocycles. The van der Waals surface area contributed by atoms with E-state index in [1.54, 1.807) is 29.9 Å². The molecule has 1 amide bonds. The summed E-state index contributed by atoms with van der Waals surface area (Å²) < 4.78 is 1.01. The molecule has 2 N–H and O–H groups in total. The molecule has 0 radical (unpaired) electrons. The zero-order valence-electron chi connectivity index (χ0n) is 19.9. The minimum absolute atomic E-state index is 0.111. The largest absolute Gasteiger partial charge is 0.326 e. The summed E-state index contributed by atoms with van der Waals surface area (Å²) in [5.74, 6) is 0.389. The van der Waals surface area contributed by atoms with Crippen LogP contribution >= 0.6 is 38.9 Å². The molecule has 188 valence electrons. The number of nitrogens with one attached hydrogen (secondary N) is 2. The standard InChI is InChI=1S/C19H15N5OS.C8H4BrClN2/c1-12(25)22-15-3-2-4-16(10-15)23-19-21-11-14-9-13(5-6-17(14)24-19)18-20-7-8-26-18;9-6-1-2-7-5(3-6)4-11-8(10)12-7/h2-11H,1H3,(H,22,25)(H,21,23,24);1-4H. The fourth-order valence-corrected chi connectivity index (χ4v) is 4.74. The molecule has 3 heterocycles. The number of nitrogens with zero attached hydrogens (tertiary/aromatic N) is 5. The van der Waals surface area contributed by atoms with E-state index in [0.29, 0.717) is 5.95 Å². The third kappa shape index (κ3) is 6.46. The number of carbonyl (C=O) groups is 1. The fraction of sp³-hybridized carbons (Fsp3) is 0.0370. The topological polar surface area (TPSA) is 106 Å². The highest BCUT2D eigenvalue weighted by Gasteiger charge is 2.06. The van der Waals surface area contributed by atoms with Crippen LogP contribution in [0.5, 0.6) is 0 Å². The lowest BCUT2D eigenvalue weighted by Crippen LogP contribution is -2.06. The van der Waals surface area contributed by atoms with Gasteiger partial charge in [-0.2, -0.15) is 0 Å². The van der Waals surface area contributed by atoms with Crippen LogP contribution in [-0.4, -0.2) is 30.8 Å². The Hall–Kier alpha value is -3.99. The van der Waals surface area contributed by atoms with E-state index in [-0.39, 0.29) is 11.2 Å². The molecule has 0 aliphatic heterocycles. The Kier molecular flexibility index (Phi) is 7.83. The zero-order valence-corrected chi connectivity index (χ0v) is 23.0. The molecule has 0 bridgehead atoms. The van der Waals surface area contributed by atoms with E-state index in [4.69, 9.17) is 11.6 Å². The number of hydrogen-bond acceptors (Lipinski definition) is 8. The molecule has 0 saturated heterocycles. The third-order valence-corrected chi connectivity index (χ3v) is 6.71. The van der Waals surface area contributed by atoms with Crippen molar-refractivity contribution in [2.75, 3.05) is 10.6 Å². The van der Waals surface area contributed by atoms with E-state index in [9.17, 15) is 4.79 Å². The maximum atomic E-state index is 11.2. The zero-order chi connectivity index (χ0) is 26.5. The number of anilines is 3. The first-order chi connectivity index (χ1) is 18.4. The molecule has 0 atom stereocenters. The lowest BCUT2D eigenvalue weighted by Gasteiger charge is -2.08. The second-order valence-electron chi connectivity index (χ2n) is 8.03. The van der Waals surface area contributed by atoms with Gasteiger partial charge in [0.05, 0.1) is 11.0 Å². The predicted octanol–water partition coefficient (Wildman–Crippen LogP) is 7.50. The van der Waals surface area contributed by atoms with Crippen LogP contribution < -0.4 is 10.6 Å². The van der Waals surface area contributed by atoms with Gasteiger partial charge in [-0.05, 0) is 66.2 Å². The number of amides is 1. The van der Waals surface area contributed by atoms with Gasteiger partial charge in [0.1, 0.15) is 5.01 Å². The van der Waals surface area contributed by atoms with Gasteiger partial charge in [-0.1, -0.05) is 22.0 Å². The summed E-state index contributed by atoms with van der Waals surface area (Å²) in [4.78, 5) is 32.4. The first kappa shape index (κ1) is 25.7. The van der Waals surface area contributed by atoms with E-state index in [1.807, 2.05) is 66.0 Å². The van der Waals surface area contributed by atoms with Gasteiger partial charge in [-0.15, -0.1) is 11.3 Å². The normalized spacial score (nSPS) is 10.6. The molecule has 0 aliphatic carbocycles. The van der Waals surface area contributed by atoms with Crippen LogP contribution in [0.3, 0.4) is 0 Å². The molecule has 3 aromatic carbocycles. The predicted molar refractivity (Wildman–Crippen MR) is 157 cm³/mol. The minimum atomic E-state index is -0.111. The Morgan fingerprint density at radius 1 is 0.895 bits per heavy atom. The number of halogens is 2. The maximum absolute atomic E-state index is 11.2. The molecule has 11 heteroatoms. The average molecular weight is 605 g/mol. The van der Waals surface area contributed by atoms with E-state index in [1.165, 1.54) is 6.92 Å². The Bertz CT molecular complexity index is 1710. The SMILES string of the molecule is CC(=O)Nc1cccc(Nc2ncc3cc(-c4nccs4)ccc3n2)c1.Clc1ncc2cc(Br)ccc2n1. The lowest BCUT2D eigenvalue weighted by atomic mass is 10.1. The molecule has 3 aromatic heterocycles. The van der Waals surface area contributed by atoms with Crippen molar-refractivity contribution < 1.29 is 4.79 Å². The molecule has 38 heavy (non-hydrogen) atoms. The van der Waals surface area contributed by atoms with Gasteiger partial charge >= 0.3 is 0 Å². The van der Waals surface area contributed by atoms with Crippen molar-refractivity contribution in [1.82, 2.24) is 24.9 Å². The Morgan fingerprint density at radius 3 is 2.47 bits per heavy atom. The molecule has 8 nitrogen and oxygen atoms in total. The number of fused-ring (bicyclic) bond motifs is 2. The van der Waals surface area contributed by atoms with Gasteiger partial charge in [0.15, 0.2) is 0 Å². The van der Waals surface area contributed by atoms with Gasteiger partial charge in [0.2, 0.25) is 17.1 Å². The van der Waals surface area contributed by atoms with Crippen molar-refractivity contribution in [1.29, 1.82) is 0 Å². The second kappa shape index (κ2) is 11.6. The van der Waals surface area contributed by atoms with Crippen LogP contribution in [0.15, 0.2) is 89.1 Å². The van der Waals surface area contributed by atoms with Gasteiger partial charge in [-0.25, -0.2) is 24.9 Å². The molecule has 6 aromatic rings. The van der Waals surface area contributed by atoms with Crippen molar-refractivity contribution in [2.45, 2.75) is 6.92 Å². The average Bonchev–Trinajstić information content (AvgIpc) is 3.44. The monoisotopic (exact) mass is 603 g/mol. The van der Waals surface area contributed by atoms with E-state index in [0.717, 1.165) is 48.2 Å². The van der Waals surface area contributed by atoms with Gasteiger partial charge in [0, 0.05) is 63.1 Å². The molecule has 0 fully saturated rings. The van der Waals surface area contributed by atoms with Crippen LogP contribution in [0.2, 0.25) is 5.28 Å². The number of carbonyl (C=O) groups excluding carboxylic acids is 1. The molecular formula is C27H19BrClN7OS. The first-order valence-electron chi connectivity index (χ1n) is 11.3. The molecule has 0 spiro atoms. The number of aromatic nitrogens is 5. The summed E-state index contributed by atoms with van der Waals surface area (Å²) in [6.07, 6.45) is 5.29. The summed E-state index contributed by atoms with van der Waals surface area (Å²) in [6.45, 7) is 1.48. The van der Waals surface area contributed by atoms with Crippen LogP contribution in [0, 0.1) is 0 Å². The van der Waals surface area contributed by atoms with E-state index in [2.05, 4.69) is 51.5 Å². The Labute approximate surface area is 235 Å². The van der Waals surface area contributed by atoms with Crippen LogP contribution in [0.1, 0.15) is 6.92 Å². The van der Waals surface area contributed by atoms with Crippen LogP contribution in [0.25, 0.3) is 32.4 Å². The molecule has 0 unspecified atom stereocenters. The van der Waals surface area contributed by atoms with E-state index >= 15 is 0 Å². The van der Waals surface area contributed by atoms with Crippen molar-refractivity contribution in [3.05, 3.63) is 94.4 Å². The van der Waals surface area contributed by atoms with Crippen molar-refractivity contribution in [2.24, 2.45) is 0 Å².